The topological polar surface area (TPSA) is 32.3 Å². The Labute approximate surface area is 99.3 Å². The van der Waals surface area contributed by atoms with E-state index in [1.54, 1.807) is 11.3 Å². The Balaban J connectivity index is 1.63. The molecule has 0 aromatic carbocycles. The van der Waals surface area contributed by atoms with E-state index in [1.807, 2.05) is 6.07 Å². The predicted molar refractivity (Wildman–Crippen MR) is 64.7 cm³/mol. The molecule has 2 N–H and O–H groups in total. The van der Waals surface area contributed by atoms with Crippen LogP contribution in [-0.2, 0) is 6.42 Å². The Bertz CT molecular complexity index is 322. The molecule has 15 heavy (non-hydrogen) atoms. The molecular formula is C11H16ClNOS. The van der Waals surface area contributed by atoms with Gasteiger partial charge in [-0.05, 0) is 37.9 Å². The van der Waals surface area contributed by atoms with Crippen LogP contribution in [0.1, 0.15) is 17.7 Å². The molecule has 1 aromatic rings. The summed E-state index contributed by atoms with van der Waals surface area (Å²) in [5, 5.41) is 12.5. The summed E-state index contributed by atoms with van der Waals surface area (Å²) in [6, 6.07) is 4.02. The third-order valence-corrected chi connectivity index (χ3v) is 4.26. The summed E-state index contributed by atoms with van der Waals surface area (Å²) in [4.78, 5) is 1.32. The summed E-state index contributed by atoms with van der Waals surface area (Å²) < 4.78 is 0.860. The molecule has 0 aliphatic heterocycles. The molecule has 1 aliphatic carbocycles. The van der Waals surface area contributed by atoms with Crippen LogP contribution in [0.2, 0.25) is 4.34 Å². The van der Waals surface area contributed by atoms with Gasteiger partial charge in [0.15, 0.2) is 0 Å². The molecule has 0 amide bonds. The molecule has 84 valence electrons. The predicted octanol–water partition coefficient (Wildman–Crippen LogP) is 2.31. The summed E-state index contributed by atoms with van der Waals surface area (Å²) in [5.41, 5.74) is 0.215. The van der Waals surface area contributed by atoms with Gasteiger partial charge >= 0.3 is 0 Å². The van der Waals surface area contributed by atoms with Crippen molar-refractivity contribution in [3.05, 3.63) is 21.3 Å². The quantitative estimate of drug-likeness (QED) is 0.754. The average Bonchev–Trinajstić information content (AvgIpc) is 2.91. The maximum atomic E-state index is 9.12. The lowest BCUT2D eigenvalue weighted by Crippen LogP contribution is -2.27. The van der Waals surface area contributed by atoms with Gasteiger partial charge in [-0.15, -0.1) is 11.3 Å². The average molecular weight is 246 g/mol. The molecule has 1 aliphatic rings. The number of halogens is 1. The SMILES string of the molecule is OCC1(CNCCc2ccc(Cl)s2)CC1. The van der Waals surface area contributed by atoms with Crippen molar-refractivity contribution in [2.75, 3.05) is 19.7 Å². The van der Waals surface area contributed by atoms with Crippen LogP contribution < -0.4 is 5.32 Å². The minimum Gasteiger partial charge on any atom is -0.396 e. The summed E-state index contributed by atoms with van der Waals surface area (Å²) in [6.45, 7) is 2.24. The van der Waals surface area contributed by atoms with Crippen molar-refractivity contribution >= 4 is 22.9 Å². The molecule has 2 nitrogen and oxygen atoms in total. The first-order valence-corrected chi connectivity index (χ1v) is 6.49. The van der Waals surface area contributed by atoms with Crippen LogP contribution in [0, 0.1) is 5.41 Å². The summed E-state index contributed by atoms with van der Waals surface area (Å²) >= 11 is 7.49. The van der Waals surface area contributed by atoms with Crippen molar-refractivity contribution in [3.63, 3.8) is 0 Å². The lowest BCUT2D eigenvalue weighted by Gasteiger charge is -2.11. The molecule has 1 saturated carbocycles. The summed E-state index contributed by atoms with van der Waals surface area (Å²) in [5.74, 6) is 0. The van der Waals surface area contributed by atoms with E-state index in [0.29, 0.717) is 6.61 Å². The number of hydrogen-bond acceptors (Lipinski definition) is 3. The number of aliphatic hydroxyl groups is 1. The molecule has 2 rings (SSSR count). The number of aliphatic hydroxyl groups excluding tert-OH is 1. The minimum absolute atomic E-state index is 0.215. The molecule has 1 heterocycles. The molecular weight excluding hydrogens is 230 g/mol. The highest BCUT2D eigenvalue weighted by Crippen LogP contribution is 2.44. The zero-order chi connectivity index (χ0) is 10.7. The van der Waals surface area contributed by atoms with E-state index in [4.69, 9.17) is 16.7 Å². The molecule has 0 unspecified atom stereocenters. The van der Waals surface area contributed by atoms with Gasteiger partial charge in [-0.3, -0.25) is 0 Å². The zero-order valence-corrected chi connectivity index (χ0v) is 10.2. The lowest BCUT2D eigenvalue weighted by molar-refractivity contribution is 0.208. The highest BCUT2D eigenvalue weighted by molar-refractivity contribution is 7.16. The standard InChI is InChI=1S/C11H16ClNOS/c12-10-2-1-9(15-10)3-6-13-7-11(8-14)4-5-11/h1-2,13-14H,3-8H2. The molecule has 0 radical (unpaired) electrons. The van der Waals surface area contributed by atoms with Gasteiger partial charge in [0, 0.05) is 23.4 Å². The second-order valence-electron chi connectivity index (χ2n) is 4.29. The van der Waals surface area contributed by atoms with E-state index in [0.717, 1.165) is 23.8 Å². The second kappa shape index (κ2) is 4.83. The summed E-state index contributed by atoms with van der Waals surface area (Å²) in [6.07, 6.45) is 3.36. The molecule has 0 spiro atoms. The van der Waals surface area contributed by atoms with E-state index < -0.39 is 0 Å². The highest BCUT2D eigenvalue weighted by atomic mass is 35.5. The minimum atomic E-state index is 0.215. The molecule has 0 bridgehead atoms. The van der Waals surface area contributed by atoms with E-state index in [9.17, 15) is 0 Å². The molecule has 4 heteroatoms. The van der Waals surface area contributed by atoms with Crippen LogP contribution in [0.15, 0.2) is 12.1 Å². The second-order valence-corrected chi connectivity index (χ2v) is 6.09. The molecule has 0 saturated heterocycles. The van der Waals surface area contributed by atoms with E-state index >= 15 is 0 Å². The van der Waals surface area contributed by atoms with Gasteiger partial charge in [-0.2, -0.15) is 0 Å². The monoisotopic (exact) mass is 245 g/mol. The van der Waals surface area contributed by atoms with Crippen LogP contribution >= 0.6 is 22.9 Å². The van der Waals surface area contributed by atoms with Gasteiger partial charge in [0.25, 0.3) is 0 Å². The number of rotatable bonds is 6. The van der Waals surface area contributed by atoms with Crippen molar-refractivity contribution in [3.8, 4) is 0 Å². The third-order valence-electron chi connectivity index (χ3n) is 2.97. The van der Waals surface area contributed by atoms with E-state index in [1.165, 1.54) is 17.7 Å². The molecule has 1 aromatic heterocycles. The van der Waals surface area contributed by atoms with Crippen molar-refractivity contribution < 1.29 is 5.11 Å². The first-order valence-electron chi connectivity index (χ1n) is 5.30. The van der Waals surface area contributed by atoms with Gasteiger partial charge in [0.05, 0.1) is 4.34 Å². The normalized spacial score (nSPS) is 18.0. The van der Waals surface area contributed by atoms with Crippen molar-refractivity contribution in [1.82, 2.24) is 5.32 Å². The Kier molecular flexibility index (Phi) is 3.67. The lowest BCUT2D eigenvalue weighted by atomic mass is 10.1. The van der Waals surface area contributed by atoms with Crippen molar-refractivity contribution in [2.45, 2.75) is 19.3 Å². The van der Waals surface area contributed by atoms with Gasteiger partial charge in [-0.25, -0.2) is 0 Å². The van der Waals surface area contributed by atoms with Gasteiger partial charge in [0.1, 0.15) is 0 Å². The number of hydrogen-bond donors (Lipinski definition) is 2. The van der Waals surface area contributed by atoms with E-state index in [-0.39, 0.29) is 5.41 Å². The van der Waals surface area contributed by atoms with E-state index in [2.05, 4.69) is 11.4 Å². The maximum Gasteiger partial charge on any atom is 0.0931 e. The van der Waals surface area contributed by atoms with Crippen molar-refractivity contribution in [1.29, 1.82) is 0 Å². The van der Waals surface area contributed by atoms with Gasteiger partial charge in [0.2, 0.25) is 0 Å². The van der Waals surface area contributed by atoms with Crippen LogP contribution in [-0.4, -0.2) is 24.8 Å². The third kappa shape index (κ3) is 3.18. The molecule has 0 atom stereocenters. The summed E-state index contributed by atoms with van der Waals surface area (Å²) in [7, 11) is 0. The Morgan fingerprint density at radius 3 is 2.80 bits per heavy atom. The largest absolute Gasteiger partial charge is 0.396 e. The van der Waals surface area contributed by atoms with Crippen LogP contribution in [0.25, 0.3) is 0 Å². The zero-order valence-electron chi connectivity index (χ0n) is 8.63. The first kappa shape index (κ1) is 11.4. The number of nitrogens with one attached hydrogen (secondary N) is 1. The fourth-order valence-corrected chi connectivity index (χ4v) is 2.71. The first-order chi connectivity index (χ1) is 7.24. The Hall–Kier alpha value is -0.0900. The van der Waals surface area contributed by atoms with Gasteiger partial charge < -0.3 is 10.4 Å². The van der Waals surface area contributed by atoms with Gasteiger partial charge in [-0.1, -0.05) is 11.6 Å². The smallest absolute Gasteiger partial charge is 0.0931 e. The Morgan fingerprint density at radius 2 is 2.27 bits per heavy atom. The fraction of sp³-hybridized carbons (Fsp3) is 0.636. The maximum absolute atomic E-state index is 9.12. The van der Waals surface area contributed by atoms with Crippen LogP contribution in [0.3, 0.4) is 0 Å². The number of thiophene rings is 1. The van der Waals surface area contributed by atoms with Crippen LogP contribution in [0.4, 0.5) is 0 Å². The van der Waals surface area contributed by atoms with Crippen LogP contribution in [0.5, 0.6) is 0 Å². The Morgan fingerprint density at radius 1 is 1.47 bits per heavy atom. The molecule has 1 fully saturated rings. The van der Waals surface area contributed by atoms with Crippen molar-refractivity contribution in [2.24, 2.45) is 5.41 Å². The highest BCUT2D eigenvalue weighted by Gasteiger charge is 2.41. The fourth-order valence-electron chi connectivity index (χ4n) is 1.62.